The topological polar surface area (TPSA) is 79.3 Å². The fraction of sp³-hybridized carbons (Fsp3) is 0.545. The van der Waals surface area contributed by atoms with Crippen molar-refractivity contribution in [2.24, 2.45) is 5.41 Å². The molecule has 0 aliphatic heterocycles. The van der Waals surface area contributed by atoms with E-state index in [1.807, 2.05) is 0 Å². The minimum absolute atomic E-state index is 0.207. The van der Waals surface area contributed by atoms with Crippen LogP contribution in [0.15, 0.2) is 5.51 Å². The van der Waals surface area contributed by atoms with Gasteiger partial charge < -0.3 is 10.4 Å². The first-order valence-corrected chi connectivity index (χ1v) is 6.35. The van der Waals surface area contributed by atoms with E-state index in [-0.39, 0.29) is 12.5 Å². The number of carboxylic acid groups (broad SMARTS) is 1. The van der Waals surface area contributed by atoms with Gasteiger partial charge in [-0.3, -0.25) is 9.59 Å². The third-order valence-electron chi connectivity index (χ3n) is 3.30. The molecule has 0 bridgehead atoms. The first kappa shape index (κ1) is 12.0. The number of amides is 1. The smallest absolute Gasteiger partial charge is 0.311 e. The molecule has 0 unspecified atom stereocenters. The standard InChI is InChI=1S/C11H14N2O3S/c1-7-8(17-6-13-7)9(14)12-5-11(10(15)16)3-2-4-11/h6H,2-5H2,1H3,(H,12,14)(H,15,16). The van der Waals surface area contributed by atoms with Crippen molar-refractivity contribution in [2.45, 2.75) is 26.2 Å². The second-order valence-corrected chi connectivity index (χ2v) is 5.24. The minimum Gasteiger partial charge on any atom is -0.481 e. The maximum absolute atomic E-state index is 11.8. The number of carboxylic acids is 1. The molecule has 92 valence electrons. The van der Waals surface area contributed by atoms with Crippen LogP contribution in [0.1, 0.15) is 34.6 Å². The lowest BCUT2D eigenvalue weighted by molar-refractivity contribution is -0.153. The first-order chi connectivity index (χ1) is 8.05. The Bertz CT molecular complexity index is 451. The van der Waals surface area contributed by atoms with Gasteiger partial charge in [-0.1, -0.05) is 6.42 Å². The Morgan fingerprint density at radius 3 is 2.71 bits per heavy atom. The van der Waals surface area contributed by atoms with Gasteiger partial charge in [-0.25, -0.2) is 4.98 Å². The van der Waals surface area contributed by atoms with E-state index in [2.05, 4.69) is 10.3 Å². The van der Waals surface area contributed by atoms with E-state index in [1.54, 1.807) is 12.4 Å². The Balaban J connectivity index is 1.97. The minimum atomic E-state index is -0.815. The summed E-state index contributed by atoms with van der Waals surface area (Å²) in [6.07, 6.45) is 2.20. The molecule has 0 aromatic carbocycles. The highest BCUT2D eigenvalue weighted by atomic mass is 32.1. The predicted molar refractivity (Wildman–Crippen MR) is 63.1 cm³/mol. The second-order valence-electron chi connectivity index (χ2n) is 4.39. The molecule has 1 aliphatic rings. The third-order valence-corrected chi connectivity index (χ3v) is 4.23. The molecule has 0 spiro atoms. The molecule has 2 rings (SSSR count). The van der Waals surface area contributed by atoms with Crippen LogP contribution in [0.5, 0.6) is 0 Å². The van der Waals surface area contributed by atoms with E-state index >= 15 is 0 Å². The number of aromatic nitrogens is 1. The molecule has 1 aliphatic carbocycles. The van der Waals surface area contributed by atoms with E-state index in [4.69, 9.17) is 5.11 Å². The van der Waals surface area contributed by atoms with Crippen molar-refractivity contribution in [3.63, 3.8) is 0 Å². The SMILES string of the molecule is Cc1ncsc1C(=O)NCC1(C(=O)O)CCC1. The molecule has 0 radical (unpaired) electrons. The van der Waals surface area contributed by atoms with Crippen molar-refractivity contribution in [1.82, 2.24) is 10.3 Å². The van der Waals surface area contributed by atoms with Crippen molar-refractivity contribution in [1.29, 1.82) is 0 Å². The summed E-state index contributed by atoms with van der Waals surface area (Å²) in [6.45, 7) is 1.97. The number of carbonyl (C=O) groups is 2. The van der Waals surface area contributed by atoms with E-state index < -0.39 is 11.4 Å². The number of hydrogen-bond donors (Lipinski definition) is 2. The number of carbonyl (C=O) groups excluding carboxylic acids is 1. The Labute approximate surface area is 103 Å². The average molecular weight is 254 g/mol. The fourth-order valence-corrected chi connectivity index (χ4v) is 2.64. The molecule has 17 heavy (non-hydrogen) atoms. The number of nitrogens with one attached hydrogen (secondary N) is 1. The van der Waals surface area contributed by atoms with Crippen LogP contribution in [0.2, 0.25) is 0 Å². The summed E-state index contributed by atoms with van der Waals surface area (Å²) in [7, 11) is 0. The van der Waals surface area contributed by atoms with Crippen LogP contribution in [-0.2, 0) is 4.79 Å². The largest absolute Gasteiger partial charge is 0.481 e. The Morgan fingerprint density at radius 2 is 2.29 bits per heavy atom. The van der Waals surface area contributed by atoms with Gasteiger partial charge in [-0.2, -0.15) is 0 Å². The zero-order chi connectivity index (χ0) is 12.5. The van der Waals surface area contributed by atoms with Crippen LogP contribution in [0.4, 0.5) is 0 Å². The van der Waals surface area contributed by atoms with Crippen molar-refractivity contribution >= 4 is 23.2 Å². The predicted octanol–water partition coefficient (Wildman–Crippen LogP) is 1.44. The van der Waals surface area contributed by atoms with E-state index in [0.717, 1.165) is 6.42 Å². The number of hydrogen-bond acceptors (Lipinski definition) is 4. The zero-order valence-corrected chi connectivity index (χ0v) is 10.3. The second kappa shape index (κ2) is 4.44. The lowest BCUT2D eigenvalue weighted by atomic mass is 9.69. The number of aryl methyl sites for hydroxylation is 1. The normalized spacial score (nSPS) is 17.2. The van der Waals surface area contributed by atoms with Gasteiger partial charge in [-0.15, -0.1) is 11.3 Å². The number of nitrogens with zero attached hydrogens (tertiary/aromatic N) is 1. The van der Waals surface area contributed by atoms with Crippen LogP contribution < -0.4 is 5.32 Å². The molecule has 1 aromatic rings. The molecule has 1 fully saturated rings. The number of rotatable bonds is 4. The summed E-state index contributed by atoms with van der Waals surface area (Å²) in [5.74, 6) is -1.04. The van der Waals surface area contributed by atoms with Crippen LogP contribution in [-0.4, -0.2) is 28.5 Å². The van der Waals surface area contributed by atoms with Gasteiger partial charge in [0.15, 0.2) is 0 Å². The van der Waals surface area contributed by atoms with Crippen molar-refractivity contribution in [2.75, 3.05) is 6.54 Å². The molecule has 0 saturated heterocycles. The first-order valence-electron chi connectivity index (χ1n) is 5.47. The van der Waals surface area contributed by atoms with E-state index in [0.29, 0.717) is 23.4 Å². The van der Waals surface area contributed by atoms with Gasteiger partial charge >= 0.3 is 5.97 Å². The molecule has 1 amide bonds. The van der Waals surface area contributed by atoms with Crippen molar-refractivity contribution < 1.29 is 14.7 Å². The Morgan fingerprint density at radius 1 is 1.59 bits per heavy atom. The van der Waals surface area contributed by atoms with E-state index in [9.17, 15) is 9.59 Å². The van der Waals surface area contributed by atoms with Gasteiger partial charge in [0.2, 0.25) is 0 Å². The van der Waals surface area contributed by atoms with Crippen molar-refractivity contribution in [3.8, 4) is 0 Å². The van der Waals surface area contributed by atoms with Crippen LogP contribution in [0.25, 0.3) is 0 Å². The maximum atomic E-state index is 11.8. The molecule has 5 nitrogen and oxygen atoms in total. The van der Waals surface area contributed by atoms with E-state index in [1.165, 1.54) is 11.3 Å². The monoisotopic (exact) mass is 254 g/mol. The molecule has 1 aromatic heterocycles. The summed E-state index contributed by atoms with van der Waals surface area (Å²) >= 11 is 1.27. The van der Waals surface area contributed by atoms with Crippen LogP contribution in [0.3, 0.4) is 0 Å². The quantitative estimate of drug-likeness (QED) is 0.852. The van der Waals surface area contributed by atoms with Gasteiger partial charge in [0.05, 0.1) is 16.6 Å². The van der Waals surface area contributed by atoms with Gasteiger partial charge in [0.25, 0.3) is 5.91 Å². The summed E-state index contributed by atoms with van der Waals surface area (Å²) in [5, 5.41) is 11.8. The number of thiazole rings is 1. The highest BCUT2D eigenvalue weighted by molar-refractivity contribution is 7.11. The highest BCUT2D eigenvalue weighted by Crippen LogP contribution is 2.40. The summed E-state index contributed by atoms with van der Waals surface area (Å²) in [6, 6.07) is 0. The molecule has 0 atom stereocenters. The van der Waals surface area contributed by atoms with Crippen LogP contribution in [0, 0.1) is 12.3 Å². The molecular formula is C11H14N2O3S. The number of aliphatic carboxylic acids is 1. The molecule has 6 heteroatoms. The van der Waals surface area contributed by atoms with Crippen molar-refractivity contribution in [3.05, 3.63) is 16.1 Å². The van der Waals surface area contributed by atoms with Gasteiger partial charge in [-0.05, 0) is 19.8 Å². The molecule has 2 N–H and O–H groups in total. The fourth-order valence-electron chi connectivity index (χ4n) is 1.92. The lowest BCUT2D eigenvalue weighted by Crippen LogP contribution is -2.47. The Hall–Kier alpha value is -1.43. The molecule has 1 saturated carbocycles. The molecule has 1 heterocycles. The zero-order valence-electron chi connectivity index (χ0n) is 9.52. The summed E-state index contributed by atoms with van der Waals surface area (Å²) in [5.41, 5.74) is 1.56. The van der Waals surface area contributed by atoms with Gasteiger partial charge in [0.1, 0.15) is 4.88 Å². The maximum Gasteiger partial charge on any atom is 0.311 e. The lowest BCUT2D eigenvalue weighted by Gasteiger charge is -2.37. The van der Waals surface area contributed by atoms with Gasteiger partial charge in [0, 0.05) is 6.54 Å². The highest BCUT2D eigenvalue weighted by Gasteiger charge is 2.44. The summed E-state index contributed by atoms with van der Waals surface area (Å²) in [4.78, 5) is 27.5. The summed E-state index contributed by atoms with van der Waals surface area (Å²) < 4.78 is 0. The molecular weight excluding hydrogens is 240 g/mol. The Kier molecular flexibility index (Phi) is 3.15. The average Bonchev–Trinajstić information content (AvgIpc) is 2.62. The third kappa shape index (κ3) is 2.17. The van der Waals surface area contributed by atoms with Crippen LogP contribution >= 0.6 is 11.3 Å².